The third kappa shape index (κ3) is 4.59. The highest BCUT2D eigenvalue weighted by Crippen LogP contribution is 2.24. The first-order valence-electron chi connectivity index (χ1n) is 5.73. The van der Waals surface area contributed by atoms with E-state index in [0.29, 0.717) is 13.5 Å². The van der Waals surface area contributed by atoms with Crippen LogP contribution in [0.15, 0.2) is 24.3 Å². The van der Waals surface area contributed by atoms with Crippen molar-refractivity contribution in [2.45, 2.75) is 19.4 Å². The molecule has 7 heteroatoms. The smallest absolute Gasteiger partial charge is 0.306 e. The van der Waals surface area contributed by atoms with Crippen LogP contribution in [0, 0.1) is 0 Å². The van der Waals surface area contributed by atoms with Gasteiger partial charge in [-0.3, -0.25) is 9.59 Å². The Labute approximate surface area is 134 Å². The Morgan fingerprint density at radius 1 is 1.00 bits per heavy atom. The molecule has 3 nitrogen and oxygen atoms in total. The molecular weight excluding hydrogens is 339 g/mol. The minimum absolute atomic E-state index is 0.0630. The SMILES string of the molecule is O=C(CCC(=O)c1ccc(Cl)s1)OCc1ccc(Cl)s1. The van der Waals surface area contributed by atoms with Crippen LogP contribution in [0.25, 0.3) is 0 Å². The number of rotatable bonds is 6. The number of ether oxygens (including phenoxy) is 1. The molecule has 0 amide bonds. The molecule has 0 saturated carbocycles. The number of carbonyl (C=O) groups is 2. The van der Waals surface area contributed by atoms with Gasteiger partial charge in [0.15, 0.2) is 5.78 Å². The van der Waals surface area contributed by atoms with Gasteiger partial charge in [0.25, 0.3) is 0 Å². The molecule has 20 heavy (non-hydrogen) atoms. The molecule has 0 atom stereocenters. The number of ketones is 1. The average Bonchev–Trinajstić information content (AvgIpc) is 3.02. The van der Waals surface area contributed by atoms with E-state index in [2.05, 4.69) is 0 Å². The maximum Gasteiger partial charge on any atom is 0.306 e. The summed E-state index contributed by atoms with van der Waals surface area (Å²) >= 11 is 14.1. The van der Waals surface area contributed by atoms with Crippen molar-refractivity contribution in [1.29, 1.82) is 0 Å². The van der Waals surface area contributed by atoms with Crippen molar-refractivity contribution in [3.63, 3.8) is 0 Å². The van der Waals surface area contributed by atoms with E-state index in [9.17, 15) is 9.59 Å². The first-order valence-corrected chi connectivity index (χ1v) is 8.12. The van der Waals surface area contributed by atoms with Crippen LogP contribution < -0.4 is 0 Å². The number of carbonyl (C=O) groups excluding carboxylic acids is 2. The maximum absolute atomic E-state index is 11.8. The molecular formula is C13H10Cl2O3S2. The van der Waals surface area contributed by atoms with Gasteiger partial charge in [-0.05, 0) is 24.3 Å². The normalized spacial score (nSPS) is 10.5. The molecule has 0 saturated heterocycles. The second-order valence-corrected chi connectivity index (χ2v) is 7.41. The van der Waals surface area contributed by atoms with E-state index >= 15 is 0 Å². The lowest BCUT2D eigenvalue weighted by atomic mass is 10.2. The molecule has 2 rings (SSSR count). The molecule has 2 heterocycles. The monoisotopic (exact) mass is 348 g/mol. The highest BCUT2D eigenvalue weighted by Gasteiger charge is 2.12. The molecule has 0 N–H and O–H groups in total. The Balaban J connectivity index is 1.73. The zero-order valence-corrected chi connectivity index (χ0v) is 13.4. The number of halogens is 2. The van der Waals surface area contributed by atoms with Gasteiger partial charge < -0.3 is 4.74 Å². The molecule has 0 aliphatic carbocycles. The van der Waals surface area contributed by atoms with E-state index in [0.717, 1.165) is 4.88 Å². The Bertz CT molecular complexity index is 619. The fourth-order valence-corrected chi connectivity index (χ4v) is 3.47. The third-order valence-corrected chi connectivity index (χ3v) is 4.89. The highest BCUT2D eigenvalue weighted by molar-refractivity contribution is 7.18. The van der Waals surface area contributed by atoms with Gasteiger partial charge in [0, 0.05) is 11.3 Å². The second kappa shape index (κ2) is 7.22. The minimum atomic E-state index is -0.398. The van der Waals surface area contributed by atoms with Crippen molar-refractivity contribution in [3.05, 3.63) is 42.7 Å². The fourth-order valence-electron chi connectivity index (χ4n) is 1.46. The molecule has 2 aromatic rings. The third-order valence-electron chi connectivity index (χ3n) is 2.41. The Kier molecular flexibility index (Phi) is 5.60. The topological polar surface area (TPSA) is 43.4 Å². The lowest BCUT2D eigenvalue weighted by Crippen LogP contribution is -2.07. The van der Waals surface area contributed by atoms with Crippen molar-refractivity contribution in [2.24, 2.45) is 0 Å². The number of thiophene rings is 2. The van der Waals surface area contributed by atoms with Crippen LogP contribution in [-0.2, 0) is 16.1 Å². The molecule has 0 spiro atoms. The average molecular weight is 349 g/mol. The summed E-state index contributed by atoms with van der Waals surface area (Å²) in [6.07, 6.45) is 0.189. The van der Waals surface area contributed by atoms with Gasteiger partial charge in [-0.15, -0.1) is 22.7 Å². The molecule has 0 fully saturated rings. The summed E-state index contributed by atoms with van der Waals surface area (Å²) in [5.74, 6) is -0.497. The highest BCUT2D eigenvalue weighted by atomic mass is 35.5. The summed E-state index contributed by atoms with van der Waals surface area (Å²) in [5.41, 5.74) is 0. The minimum Gasteiger partial charge on any atom is -0.460 e. The van der Waals surface area contributed by atoms with E-state index in [1.165, 1.54) is 22.7 Å². The number of esters is 1. The maximum atomic E-state index is 11.8. The van der Waals surface area contributed by atoms with Crippen LogP contribution in [0.5, 0.6) is 0 Å². The summed E-state index contributed by atoms with van der Waals surface area (Å²) < 4.78 is 6.29. The predicted octanol–water partition coefficient (Wildman–Crippen LogP) is 4.82. The van der Waals surface area contributed by atoms with Gasteiger partial charge in [-0.25, -0.2) is 0 Å². The molecule has 2 aromatic heterocycles. The van der Waals surface area contributed by atoms with Crippen LogP contribution >= 0.6 is 45.9 Å². The van der Waals surface area contributed by atoms with Crippen LogP contribution in [0.2, 0.25) is 8.67 Å². The lowest BCUT2D eigenvalue weighted by molar-refractivity contribution is -0.144. The molecule has 0 aliphatic heterocycles. The van der Waals surface area contributed by atoms with Crippen LogP contribution in [-0.4, -0.2) is 11.8 Å². The van der Waals surface area contributed by atoms with E-state index in [-0.39, 0.29) is 25.2 Å². The quantitative estimate of drug-likeness (QED) is 0.555. The first-order chi connectivity index (χ1) is 9.54. The van der Waals surface area contributed by atoms with Gasteiger partial charge in [-0.1, -0.05) is 23.2 Å². The van der Waals surface area contributed by atoms with Crippen molar-refractivity contribution < 1.29 is 14.3 Å². The fraction of sp³-hybridized carbons (Fsp3) is 0.231. The van der Waals surface area contributed by atoms with Crippen molar-refractivity contribution in [2.75, 3.05) is 0 Å². The molecule has 0 aromatic carbocycles. The summed E-state index contributed by atoms with van der Waals surface area (Å²) in [4.78, 5) is 24.7. The lowest BCUT2D eigenvalue weighted by Gasteiger charge is -2.02. The van der Waals surface area contributed by atoms with Crippen LogP contribution in [0.3, 0.4) is 0 Å². The van der Waals surface area contributed by atoms with Crippen LogP contribution in [0.4, 0.5) is 0 Å². The van der Waals surface area contributed by atoms with Crippen molar-refractivity contribution in [1.82, 2.24) is 0 Å². The zero-order valence-electron chi connectivity index (χ0n) is 10.2. The second-order valence-electron chi connectivity index (χ2n) is 3.89. The Morgan fingerprint density at radius 3 is 2.30 bits per heavy atom. The molecule has 0 radical (unpaired) electrons. The molecule has 0 unspecified atom stereocenters. The first kappa shape index (κ1) is 15.5. The van der Waals surface area contributed by atoms with E-state index in [1.807, 2.05) is 0 Å². The van der Waals surface area contributed by atoms with Gasteiger partial charge in [0.1, 0.15) is 6.61 Å². The van der Waals surface area contributed by atoms with Crippen molar-refractivity contribution >= 4 is 57.6 Å². The Hall–Kier alpha value is -0.880. The molecule has 0 aliphatic rings. The number of hydrogen-bond donors (Lipinski definition) is 0. The number of Topliss-reactive ketones (excluding diaryl/α,β-unsaturated/α-hetero) is 1. The van der Waals surface area contributed by atoms with Crippen LogP contribution in [0.1, 0.15) is 27.4 Å². The van der Waals surface area contributed by atoms with E-state index in [4.69, 9.17) is 27.9 Å². The predicted molar refractivity (Wildman–Crippen MR) is 82.0 cm³/mol. The summed E-state index contributed by atoms with van der Waals surface area (Å²) in [6.45, 7) is 0.190. The van der Waals surface area contributed by atoms with E-state index in [1.54, 1.807) is 24.3 Å². The van der Waals surface area contributed by atoms with Gasteiger partial charge >= 0.3 is 5.97 Å². The summed E-state index contributed by atoms with van der Waals surface area (Å²) in [6, 6.07) is 6.88. The zero-order chi connectivity index (χ0) is 14.5. The molecule has 0 bridgehead atoms. The number of hydrogen-bond acceptors (Lipinski definition) is 5. The van der Waals surface area contributed by atoms with Gasteiger partial charge in [0.2, 0.25) is 0 Å². The largest absolute Gasteiger partial charge is 0.460 e. The Morgan fingerprint density at radius 2 is 1.70 bits per heavy atom. The van der Waals surface area contributed by atoms with Gasteiger partial charge in [0.05, 0.1) is 20.0 Å². The molecule has 106 valence electrons. The standard InChI is InChI=1S/C13H10Cl2O3S2/c14-11-4-1-8(19-11)7-18-13(17)6-2-9(16)10-3-5-12(15)20-10/h1,3-5H,2,6-7H2. The van der Waals surface area contributed by atoms with Gasteiger partial charge in [-0.2, -0.15) is 0 Å². The van der Waals surface area contributed by atoms with Crippen molar-refractivity contribution in [3.8, 4) is 0 Å². The summed E-state index contributed by atoms with van der Waals surface area (Å²) in [7, 11) is 0. The summed E-state index contributed by atoms with van der Waals surface area (Å²) in [5, 5.41) is 0. The van der Waals surface area contributed by atoms with E-state index < -0.39 is 5.97 Å².